The van der Waals surface area contributed by atoms with Crippen molar-refractivity contribution in [3.05, 3.63) is 24.3 Å². The Balaban J connectivity index is 3.29. The molecule has 0 saturated carbocycles. The van der Waals surface area contributed by atoms with Crippen molar-refractivity contribution in [2.24, 2.45) is 0 Å². The second-order valence-electron chi connectivity index (χ2n) is 25.6. The Labute approximate surface area is 507 Å². The molecular weight excluding hydrogens is 995 g/mol. The number of ether oxygens (including phenoxy) is 1. The Morgan fingerprint density at radius 2 is 0.580 bits per heavy atom. The molecule has 0 spiro atoms. The Morgan fingerprint density at radius 1 is 0.333 bits per heavy atom. The molecule has 3 N–H and O–H groups in total. The average molecular weight is 1140 g/mol. The van der Waals surface area contributed by atoms with Gasteiger partial charge in [0.25, 0.3) is 0 Å². The monoisotopic (exact) mass is 1140 g/mol. The van der Waals surface area contributed by atoms with Crippen molar-refractivity contribution in [3.8, 4) is 0 Å². The number of amides is 1. The summed E-state index contributed by atoms with van der Waals surface area (Å²) in [5.41, 5.74) is 0. The van der Waals surface area contributed by atoms with Crippen LogP contribution < -0.4 is 5.32 Å². The van der Waals surface area contributed by atoms with Gasteiger partial charge in [0.2, 0.25) is 5.91 Å². The summed E-state index contributed by atoms with van der Waals surface area (Å²) >= 11 is 0. The molecule has 6 heteroatoms. The van der Waals surface area contributed by atoms with Crippen LogP contribution in [-0.2, 0) is 14.3 Å². The molecule has 6 nitrogen and oxygen atoms in total. The quantitative estimate of drug-likeness (QED) is 0.0320. The van der Waals surface area contributed by atoms with E-state index in [-0.39, 0.29) is 18.5 Å². The lowest BCUT2D eigenvalue weighted by Gasteiger charge is -2.20. The van der Waals surface area contributed by atoms with Crippen molar-refractivity contribution < 1.29 is 24.5 Å². The van der Waals surface area contributed by atoms with Gasteiger partial charge in [-0.15, -0.1) is 0 Å². The highest BCUT2D eigenvalue weighted by molar-refractivity contribution is 5.76. The van der Waals surface area contributed by atoms with Crippen molar-refractivity contribution in [2.45, 2.75) is 431 Å². The van der Waals surface area contributed by atoms with E-state index in [9.17, 15) is 19.8 Å². The Kier molecular flexibility index (Phi) is 69.4. The van der Waals surface area contributed by atoms with Gasteiger partial charge in [-0.25, -0.2) is 0 Å². The molecule has 2 atom stereocenters. The van der Waals surface area contributed by atoms with E-state index in [2.05, 4.69) is 31.3 Å². The summed E-state index contributed by atoms with van der Waals surface area (Å²) in [7, 11) is 0. The Morgan fingerprint density at radius 3 is 0.877 bits per heavy atom. The molecule has 0 radical (unpaired) electrons. The molecule has 1 amide bonds. The first kappa shape index (κ1) is 79.3. The van der Waals surface area contributed by atoms with Crippen LogP contribution in [0.4, 0.5) is 0 Å². The number of hydrogen-bond donors (Lipinski definition) is 3. The number of aliphatic hydroxyl groups excluding tert-OH is 2. The van der Waals surface area contributed by atoms with Crippen LogP contribution >= 0.6 is 0 Å². The molecule has 0 aliphatic rings. The SMILES string of the molecule is CCCCCCCC/C=C\CCCCCCCC(=O)OCCCCCCCCCCCCCCCCCCCCCCCCCCCCCCCCCCCCCCCC(=O)NC(CO)C(O)/C=C/CCCCCCCCCCCC. The van der Waals surface area contributed by atoms with Crippen LogP contribution in [-0.4, -0.2) is 47.4 Å². The molecule has 0 aromatic heterocycles. The van der Waals surface area contributed by atoms with Crippen molar-refractivity contribution >= 4 is 11.9 Å². The first-order chi connectivity index (χ1) is 40.0. The van der Waals surface area contributed by atoms with E-state index < -0.39 is 12.1 Å². The maximum Gasteiger partial charge on any atom is 0.305 e. The lowest BCUT2D eigenvalue weighted by Crippen LogP contribution is -2.45. The van der Waals surface area contributed by atoms with E-state index >= 15 is 0 Å². The Hall–Kier alpha value is -1.66. The number of allylic oxidation sites excluding steroid dienone is 3. The van der Waals surface area contributed by atoms with E-state index in [4.69, 9.17) is 4.74 Å². The van der Waals surface area contributed by atoms with Gasteiger partial charge < -0.3 is 20.3 Å². The molecule has 0 aromatic carbocycles. The second kappa shape index (κ2) is 70.8. The zero-order chi connectivity index (χ0) is 58.5. The summed E-state index contributed by atoms with van der Waals surface area (Å²) in [4.78, 5) is 24.5. The molecule has 0 fully saturated rings. The number of carbonyl (C=O) groups excluding carboxylic acids is 2. The van der Waals surface area contributed by atoms with Crippen LogP contribution in [0.5, 0.6) is 0 Å². The number of aliphatic hydroxyl groups is 2. The summed E-state index contributed by atoms with van der Waals surface area (Å²) < 4.78 is 5.50. The van der Waals surface area contributed by atoms with Crippen LogP contribution in [0.25, 0.3) is 0 Å². The lowest BCUT2D eigenvalue weighted by atomic mass is 10.0. The molecule has 2 unspecified atom stereocenters. The van der Waals surface area contributed by atoms with Gasteiger partial charge in [-0.1, -0.05) is 372 Å². The molecule has 0 rings (SSSR count). The van der Waals surface area contributed by atoms with Gasteiger partial charge in [0.05, 0.1) is 25.4 Å². The maximum atomic E-state index is 12.5. The smallest absolute Gasteiger partial charge is 0.305 e. The third-order valence-electron chi connectivity index (χ3n) is 17.5. The molecule has 0 heterocycles. The standard InChI is InChI=1S/C75H145NO5/c1-3-5-7-9-11-13-15-17-41-45-49-53-57-61-65-69-75(80)81-70-66-62-58-54-50-46-43-40-38-36-34-32-30-28-26-24-22-20-18-19-21-23-25-27-29-31-33-35-37-39-42-44-48-52-56-60-64-68-74(79)76-72(71-77)73(78)67-63-59-55-51-47-16-14-12-10-8-6-4-2/h17,41,63,67,72-73,77-78H,3-16,18-40,42-62,64-66,68-71H2,1-2H3,(H,76,79)/b41-17-,67-63+. The first-order valence-electron chi connectivity index (χ1n) is 37.1. The maximum absolute atomic E-state index is 12.5. The van der Waals surface area contributed by atoms with Gasteiger partial charge in [0.15, 0.2) is 0 Å². The van der Waals surface area contributed by atoms with Gasteiger partial charge in [0.1, 0.15) is 0 Å². The third kappa shape index (κ3) is 67.3. The molecule has 0 aliphatic heterocycles. The summed E-state index contributed by atoms with van der Waals surface area (Å²) in [5, 5.41) is 23.1. The molecule has 480 valence electrons. The van der Waals surface area contributed by atoms with Crippen LogP contribution in [0.15, 0.2) is 24.3 Å². The summed E-state index contributed by atoms with van der Waals surface area (Å²) in [6.45, 7) is 4.92. The van der Waals surface area contributed by atoms with Crippen LogP contribution in [0.2, 0.25) is 0 Å². The van der Waals surface area contributed by atoms with E-state index in [1.165, 1.54) is 347 Å². The van der Waals surface area contributed by atoms with Gasteiger partial charge in [-0.2, -0.15) is 0 Å². The zero-order valence-corrected chi connectivity index (χ0v) is 55.0. The number of carbonyl (C=O) groups is 2. The molecule has 0 aromatic rings. The third-order valence-corrected chi connectivity index (χ3v) is 17.5. The van der Waals surface area contributed by atoms with E-state index in [0.29, 0.717) is 19.4 Å². The largest absolute Gasteiger partial charge is 0.466 e. The minimum atomic E-state index is -0.839. The number of esters is 1. The van der Waals surface area contributed by atoms with E-state index in [1.54, 1.807) is 6.08 Å². The fourth-order valence-corrected chi connectivity index (χ4v) is 11.8. The first-order valence-corrected chi connectivity index (χ1v) is 37.1. The minimum Gasteiger partial charge on any atom is -0.466 e. The highest BCUT2D eigenvalue weighted by Gasteiger charge is 2.18. The molecule has 0 bridgehead atoms. The molecular formula is C75H145NO5. The summed E-state index contributed by atoms with van der Waals surface area (Å²) in [6.07, 6.45) is 90.1. The van der Waals surface area contributed by atoms with Crippen LogP contribution in [0.1, 0.15) is 418 Å². The van der Waals surface area contributed by atoms with Crippen molar-refractivity contribution in [1.29, 1.82) is 0 Å². The molecule has 0 aliphatic carbocycles. The van der Waals surface area contributed by atoms with Gasteiger partial charge in [-0.3, -0.25) is 9.59 Å². The number of unbranched alkanes of at least 4 members (excludes halogenated alkanes) is 57. The van der Waals surface area contributed by atoms with Crippen molar-refractivity contribution in [2.75, 3.05) is 13.2 Å². The minimum absolute atomic E-state index is 0.0158. The summed E-state index contributed by atoms with van der Waals surface area (Å²) in [5.74, 6) is -0.0451. The zero-order valence-electron chi connectivity index (χ0n) is 55.0. The average Bonchev–Trinajstić information content (AvgIpc) is 3.47. The van der Waals surface area contributed by atoms with Crippen molar-refractivity contribution in [1.82, 2.24) is 5.32 Å². The second-order valence-corrected chi connectivity index (χ2v) is 25.6. The van der Waals surface area contributed by atoms with Crippen LogP contribution in [0.3, 0.4) is 0 Å². The van der Waals surface area contributed by atoms with Crippen molar-refractivity contribution in [3.63, 3.8) is 0 Å². The predicted molar refractivity (Wildman–Crippen MR) is 356 cm³/mol. The van der Waals surface area contributed by atoms with Gasteiger partial charge in [0, 0.05) is 12.8 Å². The number of rotatable bonds is 70. The predicted octanol–water partition coefficient (Wildman–Crippen LogP) is 24.1. The van der Waals surface area contributed by atoms with Gasteiger partial charge in [-0.05, 0) is 57.8 Å². The topological polar surface area (TPSA) is 95.9 Å². The molecule has 81 heavy (non-hydrogen) atoms. The van der Waals surface area contributed by atoms with E-state index in [0.717, 1.165) is 44.9 Å². The fourth-order valence-electron chi connectivity index (χ4n) is 11.8. The molecule has 0 saturated heterocycles. The highest BCUT2D eigenvalue weighted by atomic mass is 16.5. The normalized spacial score (nSPS) is 12.6. The lowest BCUT2D eigenvalue weighted by molar-refractivity contribution is -0.143. The Bertz CT molecular complexity index is 1270. The fraction of sp³-hybridized carbons (Fsp3) is 0.920. The van der Waals surface area contributed by atoms with Crippen LogP contribution in [0, 0.1) is 0 Å². The number of hydrogen-bond acceptors (Lipinski definition) is 5. The number of nitrogens with one attached hydrogen (secondary N) is 1. The summed E-state index contributed by atoms with van der Waals surface area (Å²) in [6, 6.07) is -0.622. The highest BCUT2D eigenvalue weighted by Crippen LogP contribution is 2.19. The van der Waals surface area contributed by atoms with Gasteiger partial charge >= 0.3 is 5.97 Å². The van der Waals surface area contributed by atoms with E-state index in [1.807, 2.05) is 6.08 Å².